The molecule has 0 aromatic heterocycles. The number of ether oxygens (including phenoxy) is 1. The first-order valence-corrected chi connectivity index (χ1v) is 11.4. The van der Waals surface area contributed by atoms with Crippen LogP contribution in [0.1, 0.15) is 89.6 Å². The Hall–Kier alpha value is -2.17. The third-order valence-electron chi connectivity index (χ3n) is 5.88. The lowest BCUT2D eigenvalue weighted by Gasteiger charge is -2.39. The van der Waals surface area contributed by atoms with Crippen molar-refractivity contribution in [2.75, 3.05) is 13.7 Å². The summed E-state index contributed by atoms with van der Waals surface area (Å²) in [7, 11) is 1.31. The maximum atomic E-state index is 12.8. The minimum atomic E-state index is -0.329. The minimum Gasteiger partial charge on any atom is -0.469 e. The van der Waals surface area contributed by atoms with Gasteiger partial charge in [0, 0.05) is 24.6 Å². The van der Waals surface area contributed by atoms with E-state index in [1.54, 1.807) is 0 Å². The van der Waals surface area contributed by atoms with Gasteiger partial charge in [0.2, 0.25) is 0 Å². The number of likely N-dealkylation sites (tertiary alicyclic amines) is 1. The number of fused-ring (bicyclic) bond motifs is 2. The third kappa shape index (κ3) is 8.12. The Labute approximate surface area is 188 Å². The van der Waals surface area contributed by atoms with E-state index in [0.717, 1.165) is 18.5 Å². The number of hydrogen-bond donors (Lipinski definition) is 0. The normalized spacial score (nSPS) is 23.0. The van der Waals surface area contributed by atoms with Gasteiger partial charge in [-0.3, -0.25) is 9.59 Å². The predicted octanol–water partition coefficient (Wildman–Crippen LogP) is 5.59. The summed E-state index contributed by atoms with van der Waals surface area (Å²) in [5.74, 6) is -0.0953. The average Bonchev–Trinajstić information content (AvgIpc) is 2.96. The minimum absolute atomic E-state index is 0.0143. The van der Waals surface area contributed by atoms with Crippen LogP contribution in [-0.2, 0) is 14.3 Å². The van der Waals surface area contributed by atoms with Crippen molar-refractivity contribution >= 4 is 17.7 Å². The van der Waals surface area contributed by atoms with Crippen LogP contribution in [0.2, 0.25) is 0 Å². The van der Waals surface area contributed by atoms with Crippen molar-refractivity contribution in [1.82, 2.24) is 4.90 Å². The molecule has 2 bridgehead atoms. The Morgan fingerprint density at radius 2 is 1.61 bits per heavy atom. The molecule has 5 heteroatoms. The summed E-state index contributed by atoms with van der Waals surface area (Å²) >= 11 is 0. The highest BCUT2D eigenvalue weighted by Gasteiger charge is 2.50. The molecule has 174 valence electrons. The lowest BCUT2D eigenvalue weighted by Crippen LogP contribution is -2.37. The summed E-state index contributed by atoms with van der Waals surface area (Å²) in [6.07, 6.45) is 4.03. The molecule has 1 saturated carbocycles. The van der Waals surface area contributed by atoms with Crippen molar-refractivity contribution in [1.29, 1.82) is 0 Å². The SMILES string of the molecule is CC.COC(=O)CCC(C)=O.Cc1ccc(C(=O)N2CC3(C)CC2CC(C)(C)C3)cc1. The number of methoxy groups -OCH3 is 1. The van der Waals surface area contributed by atoms with Gasteiger partial charge in [0.25, 0.3) is 5.91 Å². The number of nitrogens with zero attached hydrogens (tertiary/aromatic N) is 1. The Bertz CT molecular complexity index is 753. The van der Waals surface area contributed by atoms with E-state index in [1.165, 1.54) is 32.4 Å². The molecule has 1 aliphatic carbocycles. The highest BCUT2D eigenvalue weighted by atomic mass is 16.5. The molecule has 1 aromatic rings. The number of aryl methyl sites for hydroxylation is 1. The fraction of sp³-hybridized carbons (Fsp3) is 0.654. The molecular formula is C26H41NO4. The standard InChI is InChI=1S/C18H25NO.C6H10O3.C2H6/c1-13-5-7-14(8-6-13)16(20)19-12-18(4)10-15(19)9-17(2,3)11-18;1-5(7)3-4-6(8)9-2;1-2/h5-8,15H,9-12H2,1-4H3;3-4H2,1-2H3;1-2H3. The molecule has 5 nitrogen and oxygen atoms in total. The van der Waals surface area contributed by atoms with Crippen LogP contribution >= 0.6 is 0 Å². The first-order chi connectivity index (χ1) is 14.4. The number of benzene rings is 1. The second-order valence-corrected chi connectivity index (χ2v) is 9.79. The Morgan fingerprint density at radius 1 is 1.03 bits per heavy atom. The molecule has 2 atom stereocenters. The van der Waals surface area contributed by atoms with Crippen molar-refractivity contribution in [2.24, 2.45) is 10.8 Å². The van der Waals surface area contributed by atoms with E-state index < -0.39 is 0 Å². The third-order valence-corrected chi connectivity index (χ3v) is 5.88. The molecule has 0 N–H and O–H groups in total. The lowest BCUT2D eigenvalue weighted by molar-refractivity contribution is -0.141. The smallest absolute Gasteiger partial charge is 0.305 e. The molecular weight excluding hydrogens is 390 g/mol. The second-order valence-electron chi connectivity index (χ2n) is 9.79. The van der Waals surface area contributed by atoms with Crippen molar-refractivity contribution in [3.63, 3.8) is 0 Å². The van der Waals surface area contributed by atoms with Crippen LogP contribution in [0.15, 0.2) is 24.3 Å². The van der Waals surface area contributed by atoms with Gasteiger partial charge in [-0.1, -0.05) is 52.3 Å². The second kappa shape index (κ2) is 11.4. The number of ketones is 1. The van der Waals surface area contributed by atoms with Gasteiger partial charge in [-0.05, 0) is 56.1 Å². The van der Waals surface area contributed by atoms with Gasteiger partial charge in [-0.25, -0.2) is 0 Å². The van der Waals surface area contributed by atoms with E-state index in [4.69, 9.17) is 0 Å². The van der Waals surface area contributed by atoms with Crippen LogP contribution in [0.5, 0.6) is 0 Å². The highest BCUT2D eigenvalue weighted by Crippen LogP contribution is 2.52. The number of Topliss-reactive ketones (excluding diaryl/α,β-unsaturated/α-hetero) is 1. The van der Waals surface area contributed by atoms with Crippen molar-refractivity contribution in [3.05, 3.63) is 35.4 Å². The van der Waals surface area contributed by atoms with Crippen molar-refractivity contribution in [2.45, 2.75) is 86.6 Å². The number of carbonyl (C=O) groups excluding carboxylic acids is 3. The maximum absolute atomic E-state index is 12.8. The van der Waals surface area contributed by atoms with Crippen LogP contribution in [0.3, 0.4) is 0 Å². The molecule has 1 aliphatic heterocycles. The fourth-order valence-electron chi connectivity index (χ4n) is 4.94. The molecule has 1 amide bonds. The van der Waals surface area contributed by atoms with Crippen molar-refractivity contribution in [3.8, 4) is 0 Å². The zero-order valence-electron chi connectivity index (χ0n) is 20.7. The summed E-state index contributed by atoms with van der Waals surface area (Å²) in [6.45, 7) is 15.5. The Balaban J connectivity index is 0.000000372. The van der Waals surface area contributed by atoms with Gasteiger partial charge >= 0.3 is 5.97 Å². The van der Waals surface area contributed by atoms with Gasteiger partial charge in [0.05, 0.1) is 13.5 Å². The van der Waals surface area contributed by atoms with E-state index in [9.17, 15) is 14.4 Å². The van der Waals surface area contributed by atoms with Crippen LogP contribution in [-0.4, -0.2) is 42.3 Å². The Morgan fingerprint density at radius 3 is 2.13 bits per heavy atom. The summed E-state index contributed by atoms with van der Waals surface area (Å²) in [4.78, 5) is 35.5. The van der Waals surface area contributed by atoms with Crippen LogP contribution in [0.25, 0.3) is 0 Å². The van der Waals surface area contributed by atoms with Crippen molar-refractivity contribution < 1.29 is 19.1 Å². The molecule has 1 saturated heterocycles. The molecule has 1 aromatic carbocycles. The largest absolute Gasteiger partial charge is 0.469 e. The van der Waals surface area contributed by atoms with E-state index >= 15 is 0 Å². The van der Waals surface area contributed by atoms with Crippen LogP contribution < -0.4 is 0 Å². The lowest BCUT2D eigenvalue weighted by atomic mass is 9.65. The zero-order chi connectivity index (χ0) is 23.8. The van der Waals surface area contributed by atoms with Gasteiger partial charge in [-0.15, -0.1) is 0 Å². The summed E-state index contributed by atoms with van der Waals surface area (Å²) < 4.78 is 4.31. The molecule has 0 spiro atoms. The maximum Gasteiger partial charge on any atom is 0.305 e. The molecule has 3 rings (SSSR count). The van der Waals surface area contributed by atoms with E-state index in [0.29, 0.717) is 16.9 Å². The van der Waals surface area contributed by atoms with Gasteiger partial charge in [-0.2, -0.15) is 0 Å². The first kappa shape index (κ1) is 26.9. The summed E-state index contributed by atoms with van der Waals surface area (Å²) in [6, 6.07) is 8.42. The number of hydrogen-bond acceptors (Lipinski definition) is 4. The predicted molar refractivity (Wildman–Crippen MR) is 125 cm³/mol. The Kier molecular flexibility index (Phi) is 9.92. The quantitative estimate of drug-likeness (QED) is 0.583. The van der Waals surface area contributed by atoms with E-state index in [2.05, 4.69) is 37.3 Å². The summed E-state index contributed by atoms with van der Waals surface area (Å²) in [5.41, 5.74) is 2.71. The average molecular weight is 432 g/mol. The van der Waals surface area contributed by atoms with Gasteiger partial charge in [0.1, 0.15) is 5.78 Å². The van der Waals surface area contributed by atoms with Gasteiger partial charge < -0.3 is 14.4 Å². The van der Waals surface area contributed by atoms with Crippen LogP contribution in [0.4, 0.5) is 0 Å². The molecule has 2 fully saturated rings. The van der Waals surface area contributed by atoms with E-state index in [1.807, 2.05) is 38.1 Å². The molecule has 0 radical (unpaired) electrons. The number of esters is 1. The topological polar surface area (TPSA) is 63.7 Å². The molecule has 31 heavy (non-hydrogen) atoms. The number of carbonyl (C=O) groups is 3. The number of amides is 1. The molecule has 2 aliphatic rings. The summed E-state index contributed by atoms with van der Waals surface area (Å²) in [5, 5.41) is 0. The van der Waals surface area contributed by atoms with Crippen LogP contribution in [0, 0.1) is 17.8 Å². The molecule has 2 unspecified atom stereocenters. The zero-order valence-corrected chi connectivity index (χ0v) is 20.7. The molecule has 1 heterocycles. The first-order valence-electron chi connectivity index (χ1n) is 11.4. The number of rotatable bonds is 4. The monoisotopic (exact) mass is 431 g/mol. The highest BCUT2D eigenvalue weighted by molar-refractivity contribution is 5.94. The fourth-order valence-corrected chi connectivity index (χ4v) is 4.94. The van der Waals surface area contributed by atoms with Gasteiger partial charge in [0.15, 0.2) is 0 Å². The van der Waals surface area contributed by atoms with E-state index in [-0.39, 0.29) is 30.5 Å².